The molecule has 2 aromatic rings. The van der Waals surface area contributed by atoms with Gasteiger partial charge in [-0.3, -0.25) is 4.79 Å². The number of hydrogen-bond acceptors (Lipinski definition) is 4. The van der Waals surface area contributed by atoms with Crippen molar-refractivity contribution in [1.82, 2.24) is 20.5 Å². The monoisotopic (exact) mass is 454 g/mol. The van der Waals surface area contributed by atoms with E-state index < -0.39 is 0 Å². The molecule has 1 aliphatic heterocycles. The second-order valence-corrected chi connectivity index (χ2v) is 10.2. The average molecular weight is 455 g/mol. The number of benzene rings is 1. The third-order valence-electron chi connectivity index (χ3n) is 6.61. The van der Waals surface area contributed by atoms with Gasteiger partial charge in [-0.25, -0.2) is 9.78 Å². The number of carbonyl (C=O) groups is 2. The molecule has 0 spiro atoms. The van der Waals surface area contributed by atoms with E-state index in [2.05, 4.69) is 53.7 Å². The summed E-state index contributed by atoms with van der Waals surface area (Å²) in [5, 5.41) is 8.95. The van der Waals surface area contributed by atoms with Gasteiger partial charge in [0.15, 0.2) is 0 Å². The van der Waals surface area contributed by atoms with Crippen LogP contribution in [0.15, 0.2) is 29.6 Å². The molecule has 1 saturated carbocycles. The van der Waals surface area contributed by atoms with Crippen LogP contribution in [0, 0.1) is 0 Å². The van der Waals surface area contributed by atoms with Gasteiger partial charge in [-0.2, -0.15) is 0 Å². The Bertz CT molecular complexity index is 910. The van der Waals surface area contributed by atoms with Gasteiger partial charge in [-0.1, -0.05) is 57.4 Å². The first-order valence-corrected chi connectivity index (χ1v) is 12.8. The molecule has 1 aliphatic carbocycles. The third kappa shape index (κ3) is 5.68. The van der Waals surface area contributed by atoms with Gasteiger partial charge in [-0.15, -0.1) is 11.3 Å². The molecular weight excluding hydrogens is 420 g/mol. The number of carbonyl (C=O) groups excluding carboxylic acids is 2. The van der Waals surface area contributed by atoms with Gasteiger partial charge >= 0.3 is 6.03 Å². The number of hydrogen-bond donors (Lipinski definition) is 2. The van der Waals surface area contributed by atoms with Crippen molar-refractivity contribution in [3.63, 3.8) is 0 Å². The second kappa shape index (κ2) is 10.5. The van der Waals surface area contributed by atoms with Gasteiger partial charge in [0.2, 0.25) is 0 Å². The first-order valence-electron chi connectivity index (χ1n) is 11.9. The fourth-order valence-corrected chi connectivity index (χ4v) is 5.36. The summed E-state index contributed by atoms with van der Waals surface area (Å²) < 4.78 is 0. The van der Waals surface area contributed by atoms with Crippen LogP contribution in [0.5, 0.6) is 0 Å². The Kier molecular flexibility index (Phi) is 7.45. The van der Waals surface area contributed by atoms with E-state index in [4.69, 9.17) is 0 Å². The molecule has 3 amide bonds. The van der Waals surface area contributed by atoms with Gasteiger partial charge in [0.05, 0.1) is 0 Å². The molecule has 7 heteroatoms. The number of amides is 3. The van der Waals surface area contributed by atoms with E-state index in [0.717, 1.165) is 36.3 Å². The van der Waals surface area contributed by atoms with Crippen molar-refractivity contribution in [2.45, 2.75) is 76.8 Å². The van der Waals surface area contributed by atoms with Crippen LogP contribution in [0.1, 0.15) is 80.8 Å². The fourth-order valence-electron chi connectivity index (χ4n) is 4.56. The highest BCUT2D eigenvalue weighted by atomic mass is 32.1. The minimum absolute atomic E-state index is 0.0172. The Balaban J connectivity index is 1.26. The third-order valence-corrected chi connectivity index (χ3v) is 7.50. The zero-order valence-electron chi connectivity index (χ0n) is 19.1. The SMILES string of the molecule is CC(C)c1ccc(-c2nc(C(=O)N3CCC(NC(=O)NC4CCCCC4)CC3)cs2)cc1. The number of thiazole rings is 1. The van der Waals surface area contributed by atoms with Crippen LogP contribution < -0.4 is 10.6 Å². The van der Waals surface area contributed by atoms with Crippen molar-refractivity contribution in [2.24, 2.45) is 0 Å². The zero-order valence-corrected chi connectivity index (χ0v) is 19.9. The van der Waals surface area contributed by atoms with E-state index in [-0.39, 0.29) is 18.0 Å². The lowest BCUT2D eigenvalue weighted by molar-refractivity contribution is 0.0703. The largest absolute Gasteiger partial charge is 0.337 e. The predicted octanol–water partition coefficient (Wildman–Crippen LogP) is 5.17. The van der Waals surface area contributed by atoms with Crippen LogP contribution in [0.4, 0.5) is 4.79 Å². The molecule has 2 fully saturated rings. The minimum atomic E-state index is -0.0608. The summed E-state index contributed by atoms with van der Waals surface area (Å²) >= 11 is 1.51. The molecule has 2 heterocycles. The second-order valence-electron chi connectivity index (χ2n) is 9.33. The summed E-state index contributed by atoms with van der Waals surface area (Å²) in [6, 6.07) is 8.79. The number of urea groups is 1. The minimum Gasteiger partial charge on any atom is -0.337 e. The Morgan fingerprint density at radius 3 is 2.22 bits per heavy atom. The van der Waals surface area contributed by atoms with Crippen LogP contribution >= 0.6 is 11.3 Å². The molecule has 0 atom stereocenters. The maximum atomic E-state index is 12.9. The summed E-state index contributed by atoms with van der Waals surface area (Å²) in [6.45, 7) is 5.64. The lowest BCUT2D eigenvalue weighted by Crippen LogP contribution is -2.51. The number of likely N-dealkylation sites (tertiary alicyclic amines) is 1. The molecule has 172 valence electrons. The molecule has 0 radical (unpaired) electrons. The van der Waals surface area contributed by atoms with Gasteiger partial charge < -0.3 is 15.5 Å². The number of nitrogens with one attached hydrogen (secondary N) is 2. The Morgan fingerprint density at radius 2 is 1.59 bits per heavy atom. The molecule has 1 saturated heterocycles. The first kappa shape index (κ1) is 22.8. The number of nitrogens with zero attached hydrogens (tertiary/aromatic N) is 2. The van der Waals surface area contributed by atoms with Crippen molar-refractivity contribution in [3.05, 3.63) is 40.9 Å². The van der Waals surface area contributed by atoms with Crippen molar-refractivity contribution >= 4 is 23.3 Å². The quantitative estimate of drug-likeness (QED) is 0.654. The fraction of sp³-hybridized carbons (Fsp3) is 0.560. The van der Waals surface area contributed by atoms with Crippen LogP contribution in [0.2, 0.25) is 0 Å². The normalized spacial score (nSPS) is 18.0. The van der Waals surface area contributed by atoms with E-state index in [9.17, 15) is 9.59 Å². The summed E-state index contributed by atoms with van der Waals surface area (Å²) in [5.41, 5.74) is 2.86. The lowest BCUT2D eigenvalue weighted by atomic mass is 9.96. The molecule has 1 aromatic heterocycles. The van der Waals surface area contributed by atoms with Gasteiger partial charge in [0.1, 0.15) is 10.7 Å². The molecule has 1 aromatic carbocycles. The Hall–Kier alpha value is -2.41. The van der Waals surface area contributed by atoms with Crippen molar-refractivity contribution < 1.29 is 9.59 Å². The number of aromatic nitrogens is 1. The highest BCUT2D eigenvalue weighted by Crippen LogP contribution is 2.27. The molecule has 0 unspecified atom stereocenters. The van der Waals surface area contributed by atoms with Crippen molar-refractivity contribution in [3.8, 4) is 10.6 Å². The molecule has 2 aliphatic rings. The zero-order chi connectivity index (χ0) is 22.5. The van der Waals surface area contributed by atoms with Crippen molar-refractivity contribution in [2.75, 3.05) is 13.1 Å². The van der Waals surface area contributed by atoms with E-state index >= 15 is 0 Å². The van der Waals surface area contributed by atoms with Gasteiger partial charge in [-0.05, 0) is 37.2 Å². The summed E-state index contributed by atoms with van der Waals surface area (Å²) in [6.07, 6.45) is 7.39. The van der Waals surface area contributed by atoms with E-state index in [1.165, 1.54) is 36.2 Å². The molecule has 32 heavy (non-hydrogen) atoms. The average Bonchev–Trinajstić information content (AvgIpc) is 3.30. The van der Waals surface area contributed by atoms with Gasteiger partial charge in [0, 0.05) is 36.1 Å². The Morgan fingerprint density at radius 1 is 0.969 bits per heavy atom. The molecule has 0 bridgehead atoms. The molecular formula is C25H34N4O2S. The molecule has 2 N–H and O–H groups in total. The Labute approximate surface area is 194 Å². The van der Waals surface area contributed by atoms with Crippen LogP contribution in [0.3, 0.4) is 0 Å². The van der Waals surface area contributed by atoms with E-state index in [0.29, 0.717) is 30.7 Å². The topological polar surface area (TPSA) is 74.3 Å². The predicted molar refractivity (Wildman–Crippen MR) is 129 cm³/mol. The van der Waals surface area contributed by atoms with Crippen molar-refractivity contribution in [1.29, 1.82) is 0 Å². The van der Waals surface area contributed by atoms with E-state index in [1.54, 1.807) is 0 Å². The maximum Gasteiger partial charge on any atom is 0.315 e. The smallest absolute Gasteiger partial charge is 0.315 e. The number of rotatable bonds is 5. The van der Waals surface area contributed by atoms with E-state index in [1.807, 2.05) is 10.3 Å². The van der Waals surface area contributed by atoms with Gasteiger partial charge in [0.25, 0.3) is 5.91 Å². The molecule has 4 rings (SSSR count). The number of piperidine rings is 1. The van der Waals surface area contributed by atoms with Crippen LogP contribution in [-0.2, 0) is 0 Å². The lowest BCUT2D eigenvalue weighted by Gasteiger charge is -2.32. The highest BCUT2D eigenvalue weighted by Gasteiger charge is 2.26. The highest BCUT2D eigenvalue weighted by molar-refractivity contribution is 7.13. The van der Waals surface area contributed by atoms with Crippen LogP contribution in [0.25, 0.3) is 10.6 Å². The standard InChI is InChI=1S/C25H34N4O2S/c1-17(2)18-8-10-19(11-9-18)23-28-22(16-32-23)24(30)29-14-12-21(13-15-29)27-25(31)26-20-6-4-3-5-7-20/h8-11,16-17,20-21H,3-7,12-15H2,1-2H3,(H2,26,27,31). The summed E-state index contributed by atoms with van der Waals surface area (Å²) in [5.74, 6) is 0.477. The first-order chi connectivity index (χ1) is 15.5. The van der Waals surface area contributed by atoms with Crippen LogP contribution in [-0.4, -0.2) is 47.0 Å². The maximum absolute atomic E-state index is 12.9. The molecule has 6 nitrogen and oxygen atoms in total. The summed E-state index contributed by atoms with van der Waals surface area (Å²) in [4.78, 5) is 31.7. The summed E-state index contributed by atoms with van der Waals surface area (Å²) in [7, 11) is 0.